The highest BCUT2D eigenvalue weighted by Gasteiger charge is 2.41. The van der Waals surface area contributed by atoms with E-state index in [4.69, 9.17) is 0 Å². The van der Waals surface area contributed by atoms with Crippen molar-refractivity contribution < 1.29 is 13.2 Å². The van der Waals surface area contributed by atoms with Gasteiger partial charge in [0.1, 0.15) is 0 Å². The number of hydrogen-bond acceptors (Lipinski definition) is 1. The molecule has 0 aliphatic heterocycles. The van der Waals surface area contributed by atoms with Crippen molar-refractivity contribution in [1.82, 2.24) is 9.78 Å². The van der Waals surface area contributed by atoms with Crippen molar-refractivity contribution in [3.05, 3.63) is 17.5 Å². The van der Waals surface area contributed by atoms with E-state index in [1.165, 1.54) is 17.9 Å². The molecule has 0 saturated heterocycles. The van der Waals surface area contributed by atoms with Crippen LogP contribution in [0.15, 0.2) is 6.20 Å². The van der Waals surface area contributed by atoms with Gasteiger partial charge in [-0.25, -0.2) is 0 Å². The van der Waals surface area contributed by atoms with Crippen LogP contribution < -0.4 is 0 Å². The first-order valence-corrected chi connectivity index (χ1v) is 5.86. The van der Waals surface area contributed by atoms with E-state index in [0.717, 1.165) is 12.8 Å². The summed E-state index contributed by atoms with van der Waals surface area (Å²) in [6.45, 7) is 5.78. The van der Waals surface area contributed by atoms with Gasteiger partial charge < -0.3 is 0 Å². The van der Waals surface area contributed by atoms with Gasteiger partial charge >= 0.3 is 6.18 Å². The average Bonchev–Trinajstić information content (AvgIpc) is 2.61. The molecule has 1 unspecified atom stereocenters. The lowest BCUT2D eigenvalue weighted by Gasteiger charge is -2.28. The quantitative estimate of drug-likeness (QED) is 0.790. The van der Waals surface area contributed by atoms with Gasteiger partial charge in [0.2, 0.25) is 0 Å². The van der Waals surface area contributed by atoms with E-state index in [1.54, 1.807) is 0 Å². The zero-order valence-corrected chi connectivity index (χ0v) is 10.7. The Hall–Kier alpha value is -1.00. The molecule has 0 aliphatic carbocycles. The molecule has 1 aromatic rings. The molecule has 1 rings (SSSR count). The molecule has 1 heterocycles. The van der Waals surface area contributed by atoms with Gasteiger partial charge in [-0.15, -0.1) is 0 Å². The van der Waals surface area contributed by atoms with Crippen LogP contribution in [0.25, 0.3) is 0 Å². The van der Waals surface area contributed by atoms with Crippen LogP contribution in [0.2, 0.25) is 0 Å². The summed E-state index contributed by atoms with van der Waals surface area (Å²) in [6.07, 6.45) is -0.604. The normalized spacial score (nSPS) is 15.9. The summed E-state index contributed by atoms with van der Waals surface area (Å²) in [7, 11) is 1.53. The van der Waals surface area contributed by atoms with Crippen LogP contribution in [0, 0.1) is 0 Å². The standard InChI is InChI=1S/C12H19F3N2/c1-5-7-11(3,6-2)9-8-17(4)16-10(9)12(13,14)15/h8H,5-7H2,1-4H3. The second-order valence-corrected chi connectivity index (χ2v) is 4.73. The van der Waals surface area contributed by atoms with E-state index in [1.807, 2.05) is 20.8 Å². The van der Waals surface area contributed by atoms with E-state index >= 15 is 0 Å². The Morgan fingerprint density at radius 2 is 1.88 bits per heavy atom. The number of hydrogen-bond donors (Lipinski definition) is 0. The van der Waals surface area contributed by atoms with Crippen molar-refractivity contribution in [2.24, 2.45) is 7.05 Å². The molecule has 0 aliphatic rings. The van der Waals surface area contributed by atoms with Crippen molar-refractivity contribution in [3.63, 3.8) is 0 Å². The number of rotatable bonds is 4. The molecule has 0 fully saturated rings. The SMILES string of the molecule is CCCC(C)(CC)c1cn(C)nc1C(F)(F)F. The molecule has 0 N–H and O–H groups in total. The molecular weight excluding hydrogens is 229 g/mol. The molecule has 0 aromatic carbocycles. The van der Waals surface area contributed by atoms with Gasteiger partial charge in [-0.3, -0.25) is 4.68 Å². The van der Waals surface area contributed by atoms with Gasteiger partial charge in [0, 0.05) is 18.8 Å². The van der Waals surface area contributed by atoms with Crippen molar-refractivity contribution in [3.8, 4) is 0 Å². The summed E-state index contributed by atoms with van der Waals surface area (Å²) >= 11 is 0. The van der Waals surface area contributed by atoms with E-state index < -0.39 is 17.3 Å². The Labute approximate surface area is 99.8 Å². The maximum Gasteiger partial charge on any atom is 0.435 e. The molecule has 1 aromatic heterocycles. The average molecular weight is 248 g/mol. The van der Waals surface area contributed by atoms with Crippen molar-refractivity contribution >= 4 is 0 Å². The van der Waals surface area contributed by atoms with Crippen LogP contribution in [-0.4, -0.2) is 9.78 Å². The van der Waals surface area contributed by atoms with E-state index in [9.17, 15) is 13.2 Å². The predicted molar refractivity (Wildman–Crippen MR) is 60.8 cm³/mol. The number of aryl methyl sites for hydroxylation is 1. The topological polar surface area (TPSA) is 17.8 Å². The molecule has 17 heavy (non-hydrogen) atoms. The highest BCUT2D eigenvalue weighted by atomic mass is 19.4. The molecule has 0 radical (unpaired) electrons. The molecule has 1 atom stereocenters. The van der Waals surface area contributed by atoms with Gasteiger partial charge in [-0.2, -0.15) is 18.3 Å². The van der Waals surface area contributed by atoms with Crippen LogP contribution in [0.5, 0.6) is 0 Å². The second-order valence-electron chi connectivity index (χ2n) is 4.73. The summed E-state index contributed by atoms with van der Waals surface area (Å²) in [5, 5.41) is 3.57. The first-order chi connectivity index (χ1) is 7.74. The van der Waals surface area contributed by atoms with Gasteiger partial charge in [0.15, 0.2) is 5.69 Å². The third kappa shape index (κ3) is 2.82. The molecule has 0 amide bonds. The molecule has 2 nitrogen and oxygen atoms in total. The molecule has 0 bridgehead atoms. The minimum Gasteiger partial charge on any atom is -0.275 e. The Morgan fingerprint density at radius 3 is 2.29 bits per heavy atom. The fourth-order valence-corrected chi connectivity index (χ4v) is 2.19. The minimum atomic E-state index is -4.37. The fourth-order valence-electron chi connectivity index (χ4n) is 2.19. The molecule has 98 valence electrons. The lowest BCUT2D eigenvalue weighted by molar-refractivity contribution is -0.142. The lowest BCUT2D eigenvalue weighted by Crippen LogP contribution is -2.24. The van der Waals surface area contributed by atoms with E-state index in [0.29, 0.717) is 12.0 Å². The molecule has 0 saturated carbocycles. The summed E-state index contributed by atoms with van der Waals surface area (Å²) in [5.74, 6) is 0. The number of nitrogens with zero attached hydrogens (tertiary/aromatic N) is 2. The molecule has 0 spiro atoms. The highest BCUT2D eigenvalue weighted by molar-refractivity contribution is 5.29. The summed E-state index contributed by atoms with van der Waals surface area (Å²) < 4.78 is 39.9. The zero-order valence-electron chi connectivity index (χ0n) is 10.7. The monoisotopic (exact) mass is 248 g/mol. The van der Waals surface area contributed by atoms with Gasteiger partial charge in [0.25, 0.3) is 0 Å². The zero-order chi connectivity index (χ0) is 13.3. The summed E-state index contributed by atoms with van der Waals surface area (Å²) in [4.78, 5) is 0. The maximum absolute atomic E-state index is 12.9. The van der Waals surface area contributed by atoms with Crippen LogP contribution in [0.3, 0.4) is 0 Å². The minimum absolute atomic E-state index is 0.317. The van der Waals surface area contributed by atoms with Gasteiger partial charge in [-0.05, 0) is 18.3 Å². The van der Waals surface area contributed by atoms with Crippen LogP contribution in [0.1, 0.15) is 51.3 Å². The van der Waals surface area contributed by atoms with Gasteiger partial charge in [0.05, 0.1) is 0 Å². The smallest absolute Gasteiger partial charge is 0.275 e. The largest absolute Gasteiger partial charge is 0.435 e. The lowest BCUT2D eigenvalue weighted by atomic mass is 9.76. The van der Waals surface area contributed by atoms with Crippen molar-refractivity contribution in [2.45, 2.75) is 51.6 Å². The number of aromatic nitrogens is 2. The van der Waals surface area contributed by atoms with Crippen LogP contribution >= 0.6 is 0 Å². The number of alkyl halides is 3. The summed E-state index contributed by atoms with van der Waals surface area (Å²) in [5.41, 5.74) is -0.872. The van der Waals surface area contributed by atoms with Gasteiger partial charge in [-0.1, -0.05) is 27.2 Å². The number of halogens is 3. The first kappa shape index (κ1) is 14.1. The maximum atomic E-state index is 12.9. The van der Waals surface area contributed by atoms with E-state index in [-0.39, 0.29) is 0 Å². The predicted octanol–water partition coefficient (Wildman–Crippen LogP) is 3.91. The van der Waals surface area contributed by atoms with Crippen molar-refractivity contribution in [1.29, 1.82) is 0 Å². The Bertz CT molecular complexity index is 382. The van der Waals surface area contributed by atoms with Crippen molar-refractivity contribution in [2.75, 3.05) is 0 Å². The molecular formula is C12H19F3N2. The highest BCUT2D eigenvalue weighted by Crippen LogP contribution is 2.40. The van der Waals surface area contributed by atoms with E-state index in [2.05, 4.69) is 5.10 Å². The Morgan fingerprint density at radius 1 is 1.29 bits per heavy atom. The first-order valence-electron chi connectivity index (χ1n) is 5.86. The Balaban J connectivity index is 3.29. The third-order valence-corrected chi connectivity index (χ3v) is 3.33. The van der Waals surface area contributed by atoms with Crippen LogP contribution in [0.4, 0.5) is 13.2 Å². The third-order valence-electron chi connectivity index (χ3n) is 3.33. The molecule has 5 heteroatoms. The van der Waals surface area contributed by atoms with Crippen LogP contribution in [-0.2, 0) is 18.6 Å². The second kappa shape index (κ2) is 4.70. The summed E-state index contributed by atoms with van der Waals surface area (Å²) in [6, 6.07) is 0. The fraction of sp³-hybridized carbons (Fsp3) is 0.750. The Kier molecular flexibility index (Phi) is 3.89.